The molecule has 0 saturated carbocycles. The predicted molar refractivity (Wildman–Crippen MR) is 46.8 cm³/mol. The van der Waals surface area contributed by atoms with Crippen molar-refractivity contribution in [2.24, 2.45) is 0 Å². The van der Waals surface area contributed by atoms with Gasteiger partial charge in [-0.05, 0) is 6.07 Å². The van der Waals surface area contributed by atoms with Crippen molar-refractivity contribution in [3.63, 3.8) is 0 Å². The third-order valence-electron chi connectivity index (χ3n) is 1.27. The first-order valence-electron chi connectivity index (χ1n) is 3.59. The van der Waals surface area contributed by atoms with Crippen LogP contribution >= 0.6 is 0 Å². The Labute approximate surface area is 74.8 Å². The first-order valence-corrected chi connectivity index (χ1v) is 3.59. The molecule has 0 aliphatic rings. The number of hydrogen-bond donors (Lipinski definition) is 4. The first kappa shape index (κ1) is 9.56. The van der Waals surface area contributed by atoms with Crippen LogP contribution in [0.25, 0.3) is 0 Å². The summed E-state index contributed by atoms with van der Waals surface area (Å²) in [6.45, 7) is -0.277. The van der Waals surface area contributed by atoms with Crippen LogP contribution in [0.4, 0.5) is 11.4 Å². The van der Waals surface area contributed by atoms with Crippen molar-refractivity contribution in [2.75, 3.05) is 18.1 Å². The zero-order valence-electron chi connectivity index (χ0n) is 6.84. The standard InChI is InChI=1S/C7H11N3O3/c8-4-1-5(9)7(10-2-4)13-3-6(11)12/h1-2,6,11-12H,3,8-9H2. The topological polar surface area (TPSA) is 115 Å². The largest absolute Gasteiger partial charge is 0.471 e. The fraction of sp³-hybridized carbons (Fsp3) is 0.286. The molecule has 0 saturated heterocycles. The number of aliphatic hydroxyl groups is 2. The molecule has 6 nitrogen and oxygen atoms in total. The van der Waals surface area contributed by atoms with Crippen LogP contribution in [-0.2, 0) is 0 Å². The third-order valence-corrected chi connectivity index (χ3v) is 1.27. The Morgan fingerprint density at radius 3 is 2.69 bits per heavy atom. The minimum absolute atomic E-state index is 0.141. The average Bonchev–Trinajstić information content (AvgIpc) is 2.02. The van der Waals surface area contributed by atoms with Crippen molar-refractivity contribution in [3.05, 3.63) is 12.3 Å². The SMILES string of the molecule is Nc1cnc(OCC(O)O)c(N)c1. The zero-order valence-corrected chi connectivity index (χ0v) is 6.84. The molecule has 0 aromatic carbocycles. The molecule has 0 aliphatic heterocycles. The number of nitrogens with two attached hydrogens (primary N) is 2. The highest BCUT2D eigenvalue weighted by molar-refractivity contribution is 5.55. The summed E-state index contributed by atoms with van der Waals surface area (Å²) in [4.78, 5) is 3.76. The molecule has 0 spiro atoms. The van der Waals surface area contributed by atoms with Crippen LogP contribution in [0.2, 0.25) is 0 Å². The molecule has 0 radical (unpaired) electrons. The van der Waals surface area contributed by atoms with Crippen molar-refractivity contribution >= 4 is 11.4 Å². The highest BCUT2D eigenvalue weighted by Crippen LogP contribution is 2.19. The Kier molecular flexibility index (Phi) is 2.88. The van der Waals surface area contributed by atoms with Crippen LogP contribution in [0.1, 0.15) is 0 Å². The van der Waals surface area contributed by atoms with Gasteiger partial charge in [0.05, 0.1) is 17.6 Å². The second-order valence-electron chi connectivity index (χ2n) is 2.45. The molecule has 1 rings (SSSR count). The fourth-order valence-corrected chi connectivity index (χ4v) is 0.760. The third kappa shape index (κ3) is 2.77. The quantitative estimate of drug-likeness (QED) is 0.446. The summed E-state index contributed by atoms with van der Waals surface area (Å²) in [6, 6.07) is 1.48. The van der Waals surface area contributed by atoms with Gasteiger partial charge in [0.1, 0.15) is 6.61 Å². The van der Waals surface area contributed by atoms with Gasteiger partial charge < -0.3 is 26.4 Å². The molecular weight excluding hydrogens is 174 g/mol. The van der Waals surface area contributed by atoms with Crippen LogP contribution in [0.15, 0.2) is 12.3 Å². The lowest BCUT2D eigenvalue weighted by Gasteiger charge is -2.08. The molecule has 0 unspecified atom stereocenters. The lowest BCUT2D eigenvalue weighted by atomic mass is 10.4. The molecule has 0 bridgehead atoms. The molecule has 0 aliphatic carbocycles. The number of pyridine rings is 1. The number of hydrogen-bond acceptors (Lipinski definition) is 6. The molecule has 6 N–H and O–H groups in total. The van der Waals surface area contributed by atoms with Crippen molar-refractivity contribution < 1.29 is 14.9 Å². The van der Waals surface area contributed by atoms with Crippen LogP contribution in [0.3, 0.4) is 0 Å². The van der Waals surface area contributed by atoms with Gasteiger partial charge in [0.25, 0.3) is 0 Å². The molecule has 13 heavy (non-hydrogen) atoms. The van der Waals surface area contributed by atoms with Gasteiger partial charge in [0.2, 0.25) is 5.88 Å². The highest BCUT2D eigenvalue weighted by Gasteiger charge is 2.04. The molecule has 0 amide bonds. The van der Waals surface area contributed by atoms with Crippen LogP contribution in [-0.4, -0.2) is 28.1 Å². The number of aliphatic hydroxyl groups excluding tert-OH is 1. The number of nitrogen functional groups attached to an aromatic ring is 2. The van der Waals surface area contributed by atoms with E-state index in [4.69, 9.17) is 26.4 Å². The van der Waals surface area contributed by atoms with E-state index in [-0.39, 0.29) is 18.2 Å². The molecule has 0 atom stereocenters. The summed E-state index contributed by atoms with van der Waals surface area (Å²) in [7, 11) is 0. The fourth-order valence-electron chi connectivity index (χ4n) is 0.760. The minimum atomic E-state index is -1.54. The van der Waals surface area contributed by atoms with E-state index < -0.39 is 6.29 Å². The molecular formula is C7H11N3O3. The molecule has 1 heterocycles. The van der Waals surface area contributed by atoms with E-state index in [1.807, 2.05) is 0 Å². The van der Waals surface area contributed by atoms with E-state index in [1.165, 1.54) is 12.3 Å². The molecule has 0 fully saturated rings. The Morgan fingerprint density at radius 1 is 1.46 bits per heavy atom. The van der Waals surface area contributed by atoms with E-state index in [1.54, 1.807) is 0 Å². The van der Waals surface area contributed by atoms with Gasteiger partial charge in [-0.25, -0.2) is 4.98 Å². The zero-order chi connectivity index (χ0) is 9.84. The monoisotopic (exact) mass is 185 g/mol. The van der Waals surface area contributed by atoms with Gasteiger partial charge in [-0.1, -0.05) is 0 Å². The van der Waals surface area contributed by atoms with E-state index in [9.17, 15) is 0 Å². The molecule has 1 aromatic heterocycles. The summed E-state index contributed by atoms with van der Waals surface area (Å²) in [5.41, 5.74) is 11.6. The van der Waals surface area contributed by atoms with Gasteiger partial charge in [-0.15, -0.1) is 0 Å². The maximum absolute atomic E-state index is 8.50. The molecule has 1 aromatic rings. The normalized spacial score (nSPS) is 10.4. The second kappa shape index (κ2) is 3.92. The maximum atomic E-state index is 8.50. The Hall–Kier alpha value is -1.53. The van der Waals surface area contributed by atoms with Crippen molar-refractivity contribution in [1.82, 2.24) is 4.98 Å². The van der Waals surface area contributed by atoms with Crippen molar-refractivity contribution in [3.8, 4) is 5.88 Å². The lowest BCUT2D eigenvalue weighted by molar-refractivity contribution is -0.0687. The highest BCUT2D eigenvalue weighted by atomic mass is 16.5. The Balaban J connectivity index is 2.67. The predicted octanol–water partition coefficient (Wildman–Crippen LogP) is -1.06. The van der Waals surface area contributed by atoms with Gasteiger partial charge in [0.15, 0.2) is 6.29 Å². The number of ether oxygens (including phenoxy) is 1. The van der Waals surface area contributed by atoms with E-state index >= 15 is 0 Å². The van der Waals surface area contributed by atoms with E-state index in [0.29, 0.717) is 5.69 Å². The summed E-state index contributed by atoms with van der Waals surface area (Å²) in [6.07, 6.45) is -0.172. The van der Waals surface area contributed by atoms with Crippen LogP contribution in [0.5, 0.6) is 5.88 Å². The summed E-state index contributed by atoms with van der Waals surface area (Å²) in [5.74, 6) is 0.141. The first-order chi connectivity index (χ1) is 6.09. The summed E-state index contributed by atoms with van der Waals surface area (Å²) in [5, 5.41) is 17.0. The van der Waals surface area contributed by atoms with Crippen molar-refractivity contribution in [1.29, 1.82) is 0 Å². The van der Waals surface area contributed by atoms with Crippen LogP contribution in [0, 0.1) is 0 Å². The minimum Gasteiger partial charge on any atom is -0.471 e. The van der Waals surface area contributed by atoms with Crippen LogP contribution < -0.4 is 16.2 Å². The van der Waals surface area contributed by atoms with E-state index in [2.05, 4.69) is 4.98 Å². The molecule has 72 valence electrons. The summed E-state index contributed by atoms with van der Waals surface area (Å²) >= 11 is 0. The summed E-state index contributed by atoms with van der Waals surface area (Å²) < 4.78 is 4.86. The van der Waals surface area contributed by atoms with Crippen molar-refractivity contribution in [2.45, 2.75) is 6.29 Å². The van der Waals surface area contributed by atoms with E-state index in [0.717, 1.165) is 0 Å². The average molecular weight is 185 g/mol. The van der Waals surface area contributed by atoms with Gasteiger partial charge in [-0.2, -0.15) is 0 Å². The van der Waals surface area contributed by atoms with Gasteiger partial charge in [0, 0.05) is 0 Å². The number of nitrogens with zero attached hydrogens (tertiary/aromatic N) is 1. The lowest BCUT2D eigenvalue weighted by Crippen LogP contribution is -2.17. The Morgan fingerprint density at radius 2 is 2.15 bits per heavy atom. The number of aromatic nitrogens is 1. The number of anilines is 2. The van der Waals surface area contributed by atoms with Gasteiger partial charge in [-0.3, -0.25) is 0 Å². The second-order valence-corrected chi connectivity index (χ2v) is 2.45. The smallest absolute Gasteiger partial charge is 0.237 e. The number of rotatable bonds is 3. The maximum Gasteiger partial charge on any atom is 0.237 e. The molecule has 6 heteroatoms. The Bertz CT molecular complexity index is 290. The van der Waals surface area contributed by atoms with Gasteiger partial charge >= 0.3 is 0 Å².